The van der Waals surface area contributed by atoms with Gasteiger partial charge in [0.15, 0.2) is 0 Å². The predicted molar refractivity (Wildman–Crippen MR) is 76.0 cm³/mol. The highest BCUT2D eigenvalue weighted by molar-refractivity contribution is 6.36. The number of ether oxygens (including phenoxy) is 1. The van der Waals surface area contributed by atoms with Gasteiger partial charge in [-0.1, -0.05) is 11.6 Å². The second-order valence-corrected chi connectivity index (χ2v) is 5.00. The van der Waals surface area contributed by atoms with Gasteiger partial charge in [-0.2, -0.15) is 0 Å². The second kappa shape index (κ2) is 4.47. The zero-order valence-corrected chi connectivity index (χ0v) is 11.2. The molecule has 3 heterocycles. The summed E-state index contributed by atoms with van der Waals surface area (Å²) in [5, 5.41) is 4.76. The van der Waals surface area contributed by atoms with E-state index in [1.165, 1.54) is 6.33 Å². The molecule has 5 nitrogen and oxygen atoms in total. The van der Waals surface area contributed by atoms with Gasteiger partial charge in [0.1, 0.15) is 12.1 Å². The molecule has 1 aromatic carbocycles. The Bertz CT molecular complexity index is 799. The maximum Gasteiger partial charge on any atom is 0.227 e. The molecule has 0 atom stereocenters. The van der Waals surface area contributed by atoms with Crippen LogP contribution in [0.3, 0.4) is 0 Å². The first-order valence-electron chi connectivity index (χ1n) is 6.30. The fraction of sp³-hybridized carbons (Fsp3) is 0.143. The SMILES string of the molecule is Clc1c(Oc2ncnc3c2CNC3)ccc2[nH]ccc12. The van der Waals surface area contributed by atoms with E-state index in [4.69, 9.17) is 16.3 Å². The molecule has 0 saturated carbocycles. The fourth-order valence-electron chi connectivity index (χ4n) is 2.41. The summed E-state index contributed by atoms with van der Waals surface area (Å²) in [7, 11) is 0. The topological polar surface area (TPSA) is 62.8 Å². The number of hydrogen-bond donors (Lipinski definition) is 2. The lowest BCUT2D eigenvalue weighted by molar-refractivity contribution is 0.455. The van der Waals surface area contributed by atoms with Gasteiger partial charge >= 0.3 is 0 Å². The number of hydrogen-bond acceptors (Lipinski definition) is 4. The molecule has 2 N–H and O–H groups in total. The molecule has 20 heavy (non-hydrogen) atoms. The number of nitrogens with zero attached hydrogens (tertiary/aromatic N) is 2. The first-order chi connectivity index (χ1) is 9.83. The Balaban J connectivity index is 1.78. The van der Waals surface area contributed by atoms with Gasteiger partial charge in [-0.25, -0.2) is 9.97 Å². The van der Waals surface area contributed by atoms with Crippen molar-refractivity contribution in [3.8, 4) is 11.6 Å². The molecule has 0 radical (unpaired) electrons. The van der Waals surface area contributed by atoms with E-state index >= 15 is 0 Å². The Labute approximate surface area is 120 Å². The van der Waals surface area contributed by atoms with Gasteiger partial charge in [0.05, 0.1) is 16.3 Å². The summed E-state index contributed by atoms with van der Waals surface area (Å²) in [5.41, 5.74) is 2.96. The summed E-state index contributed by atoms with van der Waals surface area (Å²) in [6.07, 6.45) is 3.37. The zero-order valence-electron chi connectivity index (χ0n) is 10.5. The van der Waals surface area contributed by atoms with Crippen LogP contribution in [0.5, 0.6) is 11.6 Å². The molecule has 0 amide bonds. The quantitative estimate of drug-likeness (QED) is 0.760. The monoisotopic (exact) mass is 286 g/mol. The van der Waals surface area contributed by atoms with E-state index in [-0.39, 0.29) is 0 Å². The summed E-state index contributed by atoms with van der Waals surface area (Å²) >= 11 is 6.38. The van der Waals surface area contributed by atoms with Crippen LogP contribution in [0.4, 0.5) is 0 Å². The smallest absolute Gasteiger partial charge is 0.227 e. The van der Waals surface area contributed by atoms with E-state index in [9.17, 15) is 0 Å². The van der Waals surface area contributed by atoms with Gasteiger partial charge in [-0.05, 0) is 18.2 Å². The fourth-order valence-corrected chi connectivity index (χ4v) is 2.68. The van der Waals surface area contributed by atoms with Crippen LogP contribution in [0.2, 0.25) is 5.02 Å². The second-order valence-electron chi connectivity index (χ2n) is 4.63. The van der Waals surface area contributed by atoms with Crippen molar-refractivity contribution in [1.29, 1.82) is 0 Å². The minimum atomic E-state index is 0.566. The molecule has 0 spiro atoms. The Morgan fingerprint density at radius 2 is 2.10 bits per heavy atom. The lowest BCUT2D eigenvalue weighted by Crippen LogP contribution is -2.00. The summed E-state index contributed by atoms with van der Waals surface area (Å²) < 4.78 is 5.89. The van der Waals surface area contributed by atoms with Crippen molar-refractivity contribution in [2.45, 2.75) is 13.1 Å². The van der Waals surface area contributed by atoms with Gasteiger partial charge in [-0.3, -0.25) is 0 Å². The van der Waals surface area contributed by atoms with Gasteiger partial charge in [-0.15, -0.1) is 0 Å². The normalized spacial score (nSPS) is 13.7. The third-order valence-corrected chi connectivity index (χ3v) is 3.82. The number of nitrogens with one attached hydrogen (secondary N) is 2. The molecule has 6 heteroatoms. The Hall–Kier alpha value is -2.11. The minimum Gasteiger partial charge on any atom is -0.437 e. The van der Waals surface area contributed by atoms with Crippen LogP contribution in [0.1, 0.15) is 11.3 Å². The van der Waals surface area contributed by atoms with E-state index in [1.807, 2.05) is 24.4 Å². The van der Waals surface area contributed by atoms with Crippen molar-refractivity contribution < 1.29 is 4.74 Å². The molecule has 0 aliphatic carbocycles. The average molecular weight is 287 g/mol. The summed E-state index contributed by atoms with van der Waals surface area (Å²) in [4.78, 5) is 11.6. The largest absolute Gasteiger partial charge is 0.437 e. The first kappa shape index (κ1) is 11.7. The number of fused-ring (bicyclic) bond motifs is 2. The highest BCUT2D eigenvalue weighted by Crippen LogP contribution is 2.36. The highest BCUT2D eigenvalue weighted by Gasteiger charge is 2.19. The van der Waals surface area contributed by atoms with Crippen molar-refractivity contribution >= 4 is 22.5 Å². The van der Waals surface area contributed by atoms with Crippen LogP contribution in [-0.2, 0) is 13.1 Å². The van der Waals surface area contributed by atoms with Gasteiger partial charge in [0, 0.05) is 30.2 Å². The average Bonchev–Trinajstić information content (AvgIpc) is 3.10. The number of halogens is 1. The Morgan fingerprint density at radius 3 is 3.05 bits per heavy atom. The number of aromatic nitrogens is 3. The Morgan fingerprint density at radius 1 is 1.15 bits per heavy atom. The predicted octanol–water partition coefficient (Wildman–Crippen LogP) is 3.01. The summed E-state index contributed by atoms with van der Waals surface area (Å²) in [6.45, 7) is 1.47. The summed E-state index contributed by atoms with van der Waals surface area (Å²) in [6, 6.07) is 5.71. The van der Waals surface area contributed by atoms with E-state index < -0.39 is 0 Å². The van der Waals surface area contributed by atoms with Crippen molar-refractivity contribution in [3.63, 3.8) is 0 Å². The van der Waals surface area contributed by atoms with Gasteiger partial charge in [0.2, 0.25) is 5.88 Å². The number of H-pyrrole nitrogens is 1. The number of aromatic amines is 1. The minimum absolute atomic E-state index is 0.566. The molecule has 1 aliphatic heterocycles. The molecule has 0 unspecified atom stereocenters. The van der Waals surface area contributed by atoms with Crippen molar-refractivity contribution in [1.82, 2.24) is 20.3 Å². The third-order valence-electron chi connectivity index (χ3n) is 3.43. The van der Waals surface area contributed by atoms with Crippen LogP contribution in [0.15, 0.2) is 30.7 Å². The van der Waals surface area contributed by atoms with Crippen molar-refractivity contribution in [2.24, 2.45) is 0 Å². The molecule has 100 valence electrons. The highest BCUT2D eigenvalue weighted by atomic mass is 35.5. The lowest BCUT2D eigenvalue weighted by atomic mass is 10.2. The summed E-state index contributed by atoms with van der Waals surface area (Å²) in [5.74, 6) is 1.17. The van der Waals surface area contributed by atoms with Gasteiger partial charge in [0.25, 0.3) is 0 Å². The number of rotatable bonds is 2. The van der Waals surface area contributed by atoms with Crippen LogP contribution >= 0.6 is 11.6 Å². The maximum absolute atomic E-state index is 6.38. The molecule has 2 aromatic heterocycles. The van der Waals surface area contributed by atoms with Crippen LogP contribution in [-0.4, -0.2) is 15.0 Å². The van der Waals surface area contributed by atoms with Crippen LogP contribution in [0.25, 0.3) is 10.9 Å². The van der Waals surface area contributed by atoms with Crippen molar-refractivity contribution in [2.75, 3.05) is 0 Å². The molecule has 0 fully saturated rings. The molecule has 3 aromatic rings. The molecule has 1 aliphatic rings. The molecule has 0 bridgehead atoms. The van der Waals surface area contributed by atoms with E-state index in [2.05, 4.69) is 20.3 Å². The lowest BCUT2D eigenvalue weighted by Gasteiger charge is -2.10. The van der Waals surface area contributed by atoms with E-state index in [1.54, 1.807) is 0 Å². The van der Waals surface area contributed by atoms with Crippen LogP contribution < -0.4 is 10.1 Å². The molecule has 4 rings (SSSR count). The third kappa shape index (κ3) is 1.75. The van der Waals surface area contributed by atoms with Crippen molar-refractivity contribution in [3.05, 3.63) is 47.0 Å². The van der Waals surface area contributed by atoms with E-state index in [0.717, 1.165) is 35.2 Å². The molecular formula is C14H11ClN4O. The maximum atomic E-state index is 6.38. The Kier molecular flexibility index (Phi) is 2.61. The first-order valence-corrected chi connectivity index (χ1v) is 6.67. The molecular weight excluding hydrogens is 276 g/mol. The van der Waals surface area contributed by atoms with Gasteiger partial charge < -0.3 is 15.0 Å². The molecule has 0 saturated heterocycles. The van der Waals surface area contributed by atoms with Crippen LogP contribution in [0, 0.1) is 0 Å². The number of benzene rings is 1. The zero-order chi connectivity index (χ0) is 13.5. The van der Waals surface area contributed by atoms with E-state index in [0.29, 0.717) is 16.7 Å². The standard InChI is InChI=1S/C14H11ClN4O/c15-13-8-3-4-17-10(8)1-2-12(13)20-14-9-5-16-6-11(9)18-7-19-14/h1-4,7,16-17H,5-6H2.